The van der Waals surface area contributed by atoms with Crippen molar-refractivity contribution in [3.05, 3.63) is 52.8 Å². The molecule has 0 aliphatic carbocycles. The molecule has 1 nitrogen and oxygen atoms in total. The van der Waals surface area contributed by atoms with Crippen LogP contribution in [0.15, 0.2) is 41.4 Å². The summed E-state index contributed by atoms with van der Waals surface area (Å²) in [6.07, 6.45) is 3.87. The summed E-state index contributed by atoms with van der Waals surface area (Å²) in [6.45, 7) is 3.31. The third-order valence-electron chi connectivity index (χ3n) is 1.59. The van der Waals surface area contributed by atoms with Gasteiger partial charge in [0.25, 0.3) is 0 Å². The second-order valence-electron chi connectivity index (χ2n) is 2.61. The predicted octanol–water partition coefficient (Wildman–Crippen LogP) is 3.36. The molecule has 0 radical (unpaired) electrons. The third kappa shape index (κ3) is 2.92. The molecule has 72 valence electrons. The minimum Gasteiger partial charge on any atom is -0.290 e. The Labute approximate surface area is 90.1 Å². The summed E-state index contributed by atoms with van der Waals surface area (Å²) in [7, 11) is 0. The number of carbonyl (C=O) groups is 1. The largest absolute Gasteiger partial charge is 0.290 e. The topological polar surface area (TPSA) is 17.1 Å². The number of hydrogen-bond donors (Lipinski definition) is 0. The van der Waals surface area contributed by atoms with E-state index in [0.29, 0.717) is 5.56 Å². The molecule has 0 aliphatic rings. The van der Waals surface area contributed by atoms with Gasteiger partial charge in [-0.1, -0.05) is 22.5 Å². The lowest BCUT2D eigenvalue weighted by Gasteiger charge is -1.96. The maximum atomic E-state index is 13.1. The first-order valence-corrected chi connectivity index (χ1v) is 4.72. The quantitative estimate of drug-likeness (QED) is 0.757. The molecule has 14 heavy (non-hydrogen) atoms. The van der Waals surface area contributed by atoms with E-state index in [-0.39, 0.29) is 11.6 Å². The first kappa shape index (κ1) is 10.9. The van der Waals surface area contributed by atoms with E-state index in [2.05, 4.69) is 22.5 Å². The summed E-state index contributed by atoms with van der Waals surface area (Å²) in [6, 6.07) is 4.53. The highest BCUT2D eigenvalue weighted by atomic mass is 79.9. The molecule has 0 amide bonds. The van der Waals surface area contributed by atoms with E-state index in [0.717, 1.165) is 4.47 Å². The number of carbonyl (C=O) groups excluding carboxylic acids is 1. The number of ketones is 1. The minimum atomic E-state index is -0.360. The zero-order valence-electron chi connectivity index (χ0n) is 7.34. The van der Waals surface area contributed by atoms with Crippen LogP contribution in [0, 0.1) is 5.82 Å². The first-order valence-electron chi connectivity index (χ1n) is 3.93. The average molecular weight is 255 g/mol. The normalized spacial score (nSPS) is 10.4. The molecular formula is C11H8BrFO. The lowest BCUT2D eigenvalue weighted by Crippen LogP contribution is -1.85. The van der Waals surface area contributed by atoms with Gasteiger partial charge < -0.3 is 0 Å². The van der Waals surface area contributed by atoms with Crippen LogP contribution in [0.3, 0.4) is 0 Å². The van der Waals surface area contributed by atoms with Crippen LogP contribution in [0.5, 0.6) is 0 Å². The lowest BCUT2D eigenvalue weighted by molar-refractivity contribution is -0.110. The summed E-state index contributed by atoms with van der Waals surface area (Å²) in [5.74, 6) is -0.606. The Hall–Kier alpha value is -1.22. The van der Waals surface area contributed by atoms with Crippen molar-refractivity contribution in [2.24, 2.45) is 0 Å². The van der Waals surface area contributed by atoms with E-state index in [1.807, 2.05) is 0 Å². The molecule has 0 aliphatic heterocycles. The van der Waals surface area contributed by atoms with Crippen LogP contribution >= 0.6 is 15.9 Å². The summed E-state index contributed by atoms with van der Waals surface area (Å²) >= 11 is 3.21. The summed E-state index contributed by atoms with van der Waals surface area (Å²) in [5, 5.41) is 0. The van der Waals surface area contributed by atoms with Gasteiger partial charge in [-0.05, 0) is 36.4 Å². The molecule has 0 unspecified atom stereocenters. The van der Waals surface area contributed by atoms with Crippen molar-refractivity contribution in [3.63, 3.8) is 0 Å². The van der Waals surface area contributed by atoms with Crippen LogP contribution in [0.1, 0.15) is 5.56 Å². The third-order valence-corrected chi connectivity index (χ3v) is 2.08. The summed E-state index contributed by atoms with van der Waals surface area (Å²) in [5.41, 5.74) is 0.370. The number of allylic oxidation sites excluding steroid dienone is 2. The van der Waals surface area contributed by atoms with Crippen LogP contribution in [0.4, 0.5) is 4.39 Å². The Morgan fingerprint density at radius 1 is 1.50 bits per heavy atom. The van der Waals surface area contributed by atoms with Crippen LogP contribution in [0.25, 0.3) is 6.08 Å². The van der Waals surface area contributed by atoms with Gasteiger partial charge in [0.05, 0.1) is 0 Å². The van der Waals surface area contributed by atoms with Crippen LogP contribution in [0.2, 0.25) is 0 Å². The number of hydrogen-bond acceptors (Lipinski definition) is 1. The van der Waals surface area contributed by atoms with Gasteiger partial charge in [-0.25, -0.2) is 4.39 Å². The molecule has 0 aromatic heterocycles. The molecular weight excluding hydrogens is 247 g/mol. The highest BCUT2D eigenvalue weighted by molar-refractivity contribution is 9.10. The monoisotopic (exact) mass is 254 g/mol. The van der Waals surface area contributed by atoms with Gasteiger partial charge in [-0.15, -0.1) is 0 Å². The van der Waals surface area contributed by atoms with Crippen LogP contribution in [-0.4, -0.2) is 5.78 Å². The highest BCUT2D eigenvalue weighted by Gasteiger charge is 1.98. The number of halogens is 2. The average Bonchev–Trinajstić information content (AvgIpc) is 2.19. The molecule has 0 saturated carbocycles. The van der Waals surface area contributed by atoms with E-state index in [1.54, 1.807) is 12.1 Å². The summed E-state index contributed by atoms with van der Waals surface area (Å²) < 4.78 is 13.9. The molecule has 0 bridgehead atoms. The zero-order chi connectivity index (χ0) is 10.6. The Kier molecular flexibility index (Phi) is 3.77. The number of benzene rings is 1. The van der Waals surface area contributed by atoms with Crippen molar-refractivity contribution >= 4 is 27.8 Å². The summed E-state index contributed by atoms with van der Waals surface area (Å²) in [4.78, 5) is 10.8. The van der Waals surface area contributed by atoms with E-state index < -0.39 is 0 Å². The fourth-order valence-corrected chi connectivity index (χ4v) is 1.26. The minimum absolute atomic E-state index is 0.246. The lowest BCUT2D eigenvalue weighted by atomic mass is 10.2. The van der Waals surface area contributed by atoms with Crippen molar-refractivity contribution in [2.45, 2.75) is 0 Å². The molecule has 1 rings (SSSR count). The molecule has 0 atom stereocenters. The van der Waals surface area contributed by atoms with E-state index >= 15 is 0 Å². The van der Waals surface area contributed by atoms with Gasteiger partial charge in [-0.2, -0.15) is 0 Å². The Balaban J connectivity index is 2.96. The molecule has 1 aromatic rings. The van der Waals surface area contributed by atoms with Crippen molar-refractivity contribution in [2.75, 3.05) is 0 Å². The van der Waals surface area contributed by atoms with Gasteiger partial charge >= 0.3 is 0 Å². The van der Waals surface area contributed by atoms with Gasteiger partial charge in [0.1, 0.15) is 5.82 Å². The van der Waals surface area contributed by atoms with Gasteiger partial charge in [0.2, 0.25) is 0 Å². The van der Waals surface area contributed by atoms with Gasteiger partial charge in [0.15, 0.2) is 5.78 Å². The van der Waals surface area contributed by atoms with E-state index in [9.17, 15) is 9.18 Å². The van der Waals surface area contributed by atoms with Crippen molar-refractivity contribution in [1.29, 1.82) is 0 Å². The number of rotatable bonds is 3. The van der Waals surface area contributed by atoms with Crippen LogP contribution in [-0.2, 0) is 4.79 Å². The van der Waals surface area contributed by atoms with Crippen molar-refractivity contribution in [1.82, 2.24) is 0 Å². The second-order valence-corrected chi connectivity index (χ2v) is 3.52. The Bertz CT molecular complexity index is 396. The Morgan fingerprint density at radius 2 is 2.21 bits per heavy atom. The fraction of sp³-hybridized carbons (Fsp3) is 0. The molecule has 1 aromatic carbocycles. The molecule has 0 N–H and O–H groups in total. The van der Waals surface area contributed by atoms with E-state index in [4.69, 9.17) is 0 Å². The molecule has 3 heteroatoms. The first-order chi connectivity index (χ1) is 6.63. The van der Waals surface area contributed by atoms with Crippen LogP contribution < -0.4 is 0 Å². The van der Waals surface area contributed by atoms with Crippen molar-refractivity contribution < 1.29 is 9.18 Å². The molecule has 0 heterocycles. The predicted molar refractivity (Wildman–Crippen MR) is 58.3 cm³/mol. The highest BCUT2D eigenvalue weighted by Crippen LogP contribution is 2.16. The molecule has 0 saturated heterocycles. The van der Waals surface area contributed by atoms with Gasteiger partial charge in [0, 0.05) is 10.0 Å². The maximum absolute atomic E-state index is 13.1. The Morgan fingerprint density at radius 3 is 2.86 bits per heavy atom. The second kappa shape index (κ2) is 4.86. The SMILES string of the molecule is C=CC(=O)/C=C/c1cc(Br)ccc1F. The van der Waals surface area contributed by atoms with Gasteiger partial charge in [-0.3, -0.25) is 4.79 Å². The molecule has 0 fully saturated rings. The standard InChI is InChI=1S/C11H8BrFO/c1-2-10(14)5-3-8-7-9(12)4-6-11(8)13/h2-7H,1H2/b5-3+. The van der Waals surface area contributed by atoms with E-state index in [1.165, 1.54) is 24.3 Å². The maximum Gasteiger partial charge on any atom is 0.178 e. The van der Waals surface area contributed by atoms with Crippen molar-refractivity contribution in [3.8, 4) is 0 Å². The molecule has 0 spiro atoms. The zero-order valence-corrected chi connectivity index (χ0v) is 8.92. The fourth-order valence-electron chi connectivity index (χ4n) is 0.882. The smallest absolute Gasteiger partial charge is 0.178 e.